The topological polar surface area (TPSA) is 52.7 Å². The van der Waals surface area contributed by atoms with Crippen LogP contribution in [0.3, 0.4) is 0 Å². The Morgan fingerprint density at radius 1 is 1.13 bits per heavy atom. The summed E-state index contributed by atoms with van der Waals surface area (Å²) in [5.74, 6) is 2.39. The summed E-state index contributed by atoms with van der Waals surface area (Å²) in [6, 6.07) is 0.905. The molecule has 2 atom stereocenters. The molecular formula is C17H29N3O2S. The Morgan fingerprint density at radius 3 is 2.39 bits per heavy atom. The normalized spacial score (nSPS) is 29.7. The minimum atomic E-state index is 0.182. The second-order valence-electron chi connectivity index (χ2n) is 7.30. The van der Waals surface area contributed by atoms with Crippen molar-refractivity contribution in [3.8, 4) is 0 Å². The number of thioether (sulfide) groups is 1. The van der Waals surface area contributed by atoms with E-state index in [0.29, 0.717) is 23.8 Å². The van der Waals surface area contributed by atoms with Gasteiger partial charge < -0.3 is 10.2 Å². The van der Waals surface area contributed by atoms with Gasteiger partial charge in [-0.1, -0.05) is 0 Å². The van der Waals surface area contributed by atoms with Gasteiger partial charge in [0.25, 0.3) is 0 Å². The summed E-state index contributed by atoms with van der Waals surface area (Å²) in [6.45, 7) is 5.55. The van der Waals surface area contributed by atoms with E-state index in [2.05, 4.69) is 10.2 Å². The Balaban J connectivity index is 1.55. The van der Waals surface area contributed by atoms with E-state index in [4.69, 9.17) is 0 Å². The highest BCUT2D eigenvalue weighted by atomic mass is 32.2. The van der Waals surface area contributed by atoms with Crippen molar-refractivity contribution in [2.24, 2.45) is 11.8 Å². The first-order chi connectivity index (χ1) is 11.1. The van der Waals surface area contributed by atoms with Crippen molar-refractivity contribution < 1.29 is 9.59 Å². The van der Waals surface area contributed by atoms with Crippen LogP contribution in [0.2, 0.25) is 0 Å². The molecule has 1 saturated carbocycles. The van der Waals surface area contributed by atoms with Gasteiger partial charge in [-0.05, 0) is 43.8 Å². The van der Waals surface area contributed by atoms with Gasteiger partial charge in [-0.15, -0.1) is 0 Å². The molecule has 0 radical (unpaired) electrons. The first-order valence-electron chi connectivity index (χ1n) is 8.86. The number of carbonyl (C=O) groups is 2. The van der Waals surface area contributed by atoms with Crippen molar-refractivity contribution in [3.05, 3.63) is 0 Å². The predicted molar refractivity (Wildman–Crippen MR) is 93.4 cm³/mol. The van der Waals surface area contributed by atoms with Gasteiger partial charge in [0.2, 0.25) is 11.8 Å². The van der Waals surface area contributed by atoms with Gasteiger partial charge in [0.05, 0.1) is 5.75 Å². The Morgan fingerprint density at radius 2 is 1.83 bits per heavy atom. The van der Waals surface area contributed by atoms with Crippen LogP contribution in [0, 0.1) is 11.8 Å². The molecule has 0 bridgehead atoms. The van der Waals surface area contributed by atoms with Gasteiger partial charge in [-0.2, -0.15) is 11.8 Å². The molecule has 2 aliphatic heterocycles. The summed E-state index contributed by atoms with van der Waals surface area (Å²) < 4.78 is 0. The average molecular weight is 340 g/mol. The molecule has 2 unspecified atom stereocenters. The summed E-state index contributed by atoms with van der Waals surface area (Å²) in [4.78, 5) is 28.0. The molecule has 0 aromatic carbocycles. The van der Waals surface area contributed by atoms with Crippen LogP contribution in [-0.2, 0) is 9.59 Å². The molecule has 1 N–H and O–H groups in total. The Labute approximate surface area is 143 Å². The lowest BCUT2D eigenvalue weighted by molar-refractivity contribution is -0.130. The smallest absolute Gasteiger partial charge is 0.230 e. The van der Waals surface area contributed by atoms with Gasteiger partial charge in [0.1, 0.15) is 0 Å². The lowest BCUT2D eigenvalue weighted by Crippen LogP contribution is -2.46. The number of carbonyl (C=O) groups excluding carboxylic acids is 2. The third-order valence-corrected chi connectivity index (χ3v) is 6.22. The number of piperidine rings is 1. The molecule has 2 heterocycles. The maximum Gasteiger partial charge on any atom is 0.230 e. The maximum atomic E-state index is 12.0. The lowest BCUT2D eigenvalue weighted by atomic mass is 9.98. The van der Waals surface area contributed by atoms with Crippen LogP contribution >= 0.6 is 11.8 Å². The van der Waals surface area contributed by atoms with Crippen molar-refractivity contribution in [3.63, 3.8) is 0 Å². The van der Waals surface area contributed by atoms with E-state index in [-0.39, 0.29) is 11.8 Å². The Bertz CT molecular complexity index is 447. The van der Waals surface area contributed by atoms with Crippen molar-refractivity contribution in [1.29, 1.82) is 0 Å². The maximum absolute atomic E-state index is 12.0. The van der Waals surface area contributed by atoms with Gasteiger partial charge in [-0.3, -0.25) is 14.5 Å². The molecule has 0 spiro atoms. The molecule has 0 aromatic rings. The van der Waals surface area contributed by atoms with E-state index in [9.17, 15) is 9.59 Å². The van der Waals surface area contributed by atoms with E-state index in [1.807, 2.05) is 11.2 Å². The molecule has 2 amide bonds. The van der Waals surface area contributed by atoms with Crippen molar-refractivity contribution in [2.75, 3.05) is 38.2 Å². The second kappa shape index (κ2) is 7.43. The highest BCUT2D eigenvalue weighted by Crippen LogP contribution is 2.42. The van der Waals surface area contributed by atoms with Crippen LogP contribution < -0.4 is 5.32 Å². The lowest BCUT2D eigenvalue weighted by Gasteiger charge is -2.36. The summed E-state index contributed by atoms with van der Waals surface area (Å²) in [6.07, 6.45) is 6.78. The molecule has 3 rings (SSSR count). The van der Waals surface area contributed by atoms with E-state index in [1.54, 1.807) is 18.7 Å². The van der Waals surface area contributed by atoms with Crippen molar-refractivity contribution >= 4 is 23.6 Å². The number of hydrogen-bond donors (Lipinski definition) is 1. The molecule has 0 aromatic heterocycles. The molecule has 3 fully saturated rings. The zero-order chi connectivity index (χ0) is 16.4. The standard InChI is InChI=1S/C17H29N3O2S/c1-12(21)19-7-5-14(6-8-19)20-9-15(13-3-4-13)16(10-20)18-17(22)11-23-2/h13-16H,3-11H2,1-2H3,(H,18,22). The SMILES string of the molecule is CSCC(=O)NC1CN(C2CCN(C(C)=O)CC2)CC1C1CC1. The average Bonchev–Trinajstić information content (AvgIpc) is 3.29. The summed E-state index contributed by atoms with van der Waals surface area (Å²) in [5, 5.41) is 3.28. The van der Waals surface area contributed by atoms with Crippen LogP contribution in [0.1, 0.15) is 32.6 Å². The van der Waals surface area contributed by atoms with Crippen LogP contribution in [0.4, 0.5) is 0 Å². The molecule has 3 aliphatic rings. The zero-order valence-electron chi connectivity index (χ0n) is 14.3. The van der Waals surface area contributed by atoms with Gasteiger partial charge in [-0.25, -0.2) is 0 Å². The highest BCUT2D eigenvalue weighted by molar-refractivity contribution is 7.99. The fourth-order valence-electron chi connectivity index (χ4n) is 4.24. The minimum absolute atomic E-state index is 0.182. The van der Waals surface area contributed by atoms with Crippen LogP contribution in [0.5, 0.6) is 0 Å². The van der Waals surface area contributed by atoms with E-state index < -0.39 is 0 Å². The molecule has 5 nitrogen and oxygen atoms in total. The van der Waals surface area contributed by atoms with Crippen LogP contribution in [0.15, 0.2) is 0 Å². The Kier molecular flexibility index (Phi) is 5.52. The van der Waals surface area contributed by atoms with E-state index >= 15 is 0 Å². The van der Waals surface area contributed by atoms with E-state index in [1.165, 1.54) is 12.8 Å². The molecule has 6 heteroatoms. The number of nitrogens with one attached hydrogen (secondary N) is 1. The summed E-state index contributed by atoms with van der Waals surface area (Å²) in [7, 11) is 0. The minimum Gasteiger partial charge on any atom is -0.351 e. The fraction of sp³-hybridized carbons (Fsp3) is 0.882. The Hall–Kier alpha value is -0.750. The van der Waals surface area contributed by atoms with Crippen LogP contribution in [0.25, 0.3) is 0 Å². The van der Waals surface area contributed by atoms with Crippen molar-refractivity contribution in [1.82, 2.24) is 15.1 Å². The van der Waals surface area contributed by atoms with Gasteiger partial charge in [0.15, 0.2) is 0 Å². The van der Waals surface area contributed by atoms with Crippen LogP contribution in [-0.4, -0.2) is 71.9 Å². The first-order valence-corrected chi connectivity index (χ1v) is 10.3. The molecule has 2 saturated heterocycles. The van der Waals surface area contributed by atoms with Gasteiger partial charge >= 0.3 is 0 Å². The monoisotopic (exact) mass is 339 g/mol. The predicted octanol–water partition coefficient (Wildman–Crippen LogP) is 1.19. The highest BCUT2D eigenvalue weighted by Gasteiger charge is 2.44. The molecule has 23 heavy (non-hydrogen) atoms. The first kappa shape index (κ1) is 17.1. The third kappa shape index (κ3) is 4.21. The van der Waals surface area contributed by atoms with Crippen molar-refractivity contribution in [2.45, 2.75) is 44.7 Å². The quantitative estimate of drug-likeness (QED) is 0.817. The number of likely N-dealkylation sites (tertiary alicyclic amines) is 2. The number of rotatable bonds is 5. The fourth-order valence-corrected chi connectivity index (χ4v) is 4.58. The number of amides is 2. The summed E-state index contributed by atoms with van der Waals surface area (Å²) in [5.41, 5.74) is 0. The van der Waals surface area contributed by atoms with E-state index in [0.717, 1.165) is 44.9 Å². The largest absolute Gasteiger partial charge is 0.351 e. The number of hydrogen-bond acceptors (Lipinski definition) is 4. The zero-order valence-corrected chi connectivity index (χ0v) is 15.1. The molecule has 130 valence electrons. The second-order valence-corrected chi connectivity index (χ2v) is 8.17. The molecular weight excluding hydrogens is 310 g/mol. The summed E-state index contributed by atoms with van der Waals surface area (Å²) >= 11 is 1.59. The number of nitrogens with zero attached hydrogens (tertiary/aromatic N) is 2. The third-order valence-electron chi connectivity index (χ3n) is 5.67. The van der Waals surface area contributed by atoms with Gasteiger partial charge in [0, 0.05) is 45.2 Å². The molecule has 1 aliphatic carbocycles.